The molecular weight excluding hydrogens is 443 g/mol. The van der Waals surface area contributed by atoms with Crippen LogP contribution in [0, 0.1) is 0 Å². The van der Waals surface area contributed by atoms with Crippen molar-refractivity contribution in [3.63, 3.8) is 0 Å². The van der Waals surface area contributed by atoms with Crippen LogP contribution < -0.4 is 10.1 Å². The number of benzene rings is 1. The normalized spacial score (nSPS) is 15.6. The number of nitrogens with one attached hydrogen (secondary N) is 1. The lowest BCUT2D eigenvalue weighted by Gasteiger charge is -2.31. The number of hydrogen-bond donors (Lipinski definition) is 1. The molecule has 1 aromatic carbocycles. The summed E-state index contributed by atoms with van der Waals surface area (Å²) >= 11 is 1.27. The maximum Gasteiger partial charge on any atom is 0.573 e. The van der Waals surface area contributed by atoms with E-state index in [0.29, 0.717) is 16.3 Å². The van der Waals surface area contributed by atoms with Crippen LogP contribution in [-0.2, 0) is 0 Å². The quantitative estimate of drug-likeness (QED) is 0.593. The maximum atomic E-state index is 12.7. The summed E-state index contributed by atoms with van der Waals surface area (Å²) < 4.78 is 43.5. The highest BCUT2D eigenvalue weighted by Crippen LogP contribution is 2.30. The lowest BCUT2D eigenvalue weighted by Crippen LogP contribution is -2.44. The first-order valence-corrected chi connectivity index (χ1v) is 11.1. The molecule has 1 fully saturated rings. The molecule has 0 bridgehead atoms. The smallest absolute Gasteiger partial charge is 0.403 e. The molecule has 11 heteroatoms. The van der Waals surface area contributed by atoms with Gasteiger partial charge in [-0.15, -0.1) is 24.5 Å². The van der Waals surface area contributed by atoms with E-state index in [9.17, 15) is 18.0 Å². The minimum absolute atomic E-state index is 0.128. The number of carbonyl (C=O) groups excluding carboxylic acids is 1. The summed E-state index contributed by atoms with van der Waals surface area (Å²) in [5, 5.41) is 9.41. The van der Waals surface area contributed by atoms with Gasteiger partial charge in [0.2, 0.25) is 0 Å². The minimum Gasteiger partial charge on any atom is -0.403 e. The third-order valence-corrected chi connectivity index (χ3v) is 6.17. The second-order valence-electron chi connectivity index (χ2n) is 7.41. The predicted molar refractivity (Wildman–Crippen MR) is 114 cm³/mol. The Morgan fingerprint density at radius 1 is 1.28 bits per heavy atom. The molecule has 170 valence electrons. The van der Waals surface area contributed by atoms with Gasteiger partial charge >= 0.3 is 6.36 Å². The number of hydrogen-bond acceptors (Lipinski definition) is 6. The zero-order valence-electron chi connectivity index (χ0n) is 17.3. The van der Waals surface area contributed by atoms with Crippen LogP contribution >= 0.6 is 11.3 Å². The van der Waals surface area contributed by atoms with E-state index < -0.39 is 6.36 Å². The standard InChI is InChI=1S/C21H22F3N5O2S/c1-2-28-9-7-15(8-10-28)26-19(30)16-13-32-20(27-16)14-11-25-29(12-14)17-5-3-4-6-18(17)31-21(22,23)24/h3-6,11-13,15H,2,7-10H2,1H3,(H,26,30). The Morgan fingerprint density at radius 3 is 2.75 bits per heavy atom. The monoisotopic (exact) mass is 465 g/mol. The Morgan fingerprint density at radius 2 is 2.03 bits per heavy atom. The number of ether oxygens (including phenoxy) is 1. The Bertz CT molecular complexity index is 1070. The van der Waals surface area contributed by atoms with Gasteiger partial charge < -0.3 is 15.0 Å². The van der Waals surface area contributed by atoms with Gasteiger partial charge in [-0.2, -0.15) is 5.10 Å². The molecule has 0 spiro atoms. The Hall–Kier alpha value is -2.92. The van der Waals surface area contributed by atoms with Crippen molar-refractivity contribution in [2.75, 3.05) is 19.6 Å². The molecule has 1 N–H and O–H groups in total. The van der Waals surface area contributed by atoms with Crippen LogP contribution in [0.3, 0.4) is 0 Å². The van der Waals surface area contributed by atoms with E-state index in [0.717, 1.165) is 32.5 Å². The number of rotatable bonds is 6. The van der Waals surface area contributed by atoms with Gasteiger partial charge in [0, 0.05) is 36.3 Å². The van der Waals surface area contributed by atoms with Crippen molar-refractivity contribution >= 4 is 17.2 Å². The molecule has 0 aliphatic carbocycles. The van der Waals surface area contributed by atoms with E-state index in [-0.39, 0.29) is 23.4 Å². The first-order valence-electron chi connectivity index (χ1n) is 10.2. The highest BCUT2D eigenvalue weighted by atomic mass is 32.1. The predicted octanol–water partition coefficient (Wildman–Crippen LogP) is 4.11. The Balaban J connectivity index is 1.46. The molecule has 0 radical (unpaired) electrons. The Kier molecular flexibility index (Phi) is 6.47. The molecule has 0 saturated carbocycles. The third kappa shape index (κ3) is 5.28. The molecule has 4 rings (SSSR count). The van der Waals surface area contributed by atoms with Crippen LogP contribution in [0.15, 0.2) is 42.0 Å². The van der Waals surface area contributed by atoms with Crippen LogP contribution in [-0.4, -0.2) is 57.6 Å². The van der Waals surface area contributed by atoms with E-state index in [4.69, 9.17) is 0 Å². The molecule has 3 aromatic rings. The van der Waals surface area contributed by atoms with E-state index >= 15 is 0 Å². The van der Waals surface area contributed by atoms with Crippen molar-refractivity contribution in [3.05, 3.63) is 47.7 Å². The van der Waals surface area contributed by atoms with Crippen molar-refractivity contribution in [2.24, 2.45) is 0 Å². The number of nitrogens with zero attached hydrogens (tertiary/aromatic N) is 4. The zero-order chi connectivity index (χ0) is 22.7. The number of piperidine rings is 1. The second kappa shape index (κ2) is 9.29. The number of carbonyl (C=O) groups is 1. The fraction of sp³-hybridized carbons (Fsp3) is 0.381. The van der Waals surface area contributed by atoms with E-state index in [1.165, 1.54) is 40.4 Å². The van der Waals surface area contributed by atoms with E-state index in [1.54, 1.807) is 17.6 Å². The second-order valence-corrected chi connectivity index (χ2v) is 8.27. The van der Waals surface area contributed by atoms with Crippen LogP contribution in [0.4, 0.5) is 13.2 Å². The van der Waals surface area contributed by atoms with Gasteiger partial charge in [0.25, 0.3) is 5.91 Å². The fourth-order valence-electron chi connectivity index (χ4n) is 3.59. The molecule has 32 heavy (non-hydrogen) atoms. The first-order chi connectivity index (χ1) is 15.3. The largest absolute Gasteiger partial charge is 0.573 e. The van der Waals surface area contributed by atoms with Crippen LogP contribution in [0.25, 0.3) is 16.3 Å². The van der Waals surface area contributed by atoms with Crippen molar-refractivity contribution in [3.8, 4) is 22.0 Å². The number of likely N-dealkylation sites (tertiary alicyclic amines) is 1. The van der Waals surface area contributed by atoms with Crippen LogP contribution in [0.1, 0.15) is 30.3 Å². The van der Waals surface area contributed by atoms with E-state index in [1.807, 2.05) is 0 Å². The summed E-state index contributed by atoms with van der Waals surface area (Å²) in [5.41, 5.74) is 1.05. The molecule has 2 aromatic heterocycles. The van der Waals surface area contributed by atoms with Crippen molar-refractivity contribution in [1.82, 2.24) is 25.0 Å². The number of alkyl halides is 3. The average Bonchev–Trinajstić information content (AvgIpc) is 3.43. The van der Waals surface area contributed by atoms with Crippen LogP contribution in [0.5, 0.6) is 5.75 Å². The third-order valence-electron chi connectivity index (χ3n) is 5.27. The number of thiazole rings is 1. The van der Waals surface area contributed by atoms with Gasteiger partial charge in [0.15, 0.2) is 5.75 Å². The summed E-state index contributed by atoms with van der Waals surface area (Å²) in [5.74, 6) is -0.582. The number of aromatic nitrogens is 3. The lowest BCUT2D eigenvalue weighted by molar-refractivity contribution is -0.274. The molecule has 3 heterocycles. The molecular formula is C21H22F3N5O2S. The van der Waals surface area contributed by atoms with Gasteiger partial charge in [0.05, 0.1) is 6.20 Å². The minimum atomic E-state index is -4.81. The van der Waals surface area contributed by atoms with Gasteiger partial charge in [0.1, 0.15) is 16.4 Å². The van der Waals surface area contributed by atoms with Gasteiger partial charge in [-0.1, -0.05) is 19.1 Å². The van der Waals surface area contributed by atoms with Gasteiger partial charge in [-0.3, -0.25) is 4.79 Å². The van der Waals surface area contributed by atoms with Crippen LogP contribution in [0.2, 0.25) is 0 Å². The average molecular weight is 466 g/mol. The van der Waals surface area contributed by atoms with Crippen molar-refractivity contribution in [2.45, 2.75) is 32.2 Å². The molecule has 1 amide bonds. The molecule has 1 saturated heterocycles. The number of para-hydroxylation sites is 2. The van der Waals surface area contributed by atoms with E-state index in [2.05, 4.69) is 32.0 Å². The summed E-state index contributed by atoms with van der Waals surface area (Å²) in [6.07, 6.45) is 0.0488. The highest BCUT2D eigenvalue weighted by molar-refractivity contribution is 7.13. The zero-order valence-corrected chi connectivity index (χ0v) is 18.1. The first kappa shape index (κ1) is 22.3. The fourth-order valence-corrected chi connectivity index (χ4v) is 4.36. The summed E-state index contributed by atoms with van der Waals surface area (Å²) in [6, 6.07) is 5.87. The number of halogens is 3. The molecule has 1 aliphatic heterocycles. The highest BCUT2D eigenvalue weighted by Gasteiger charge is 2.32. The van der Waals surface area contributed by atoms with Crippen molar-refractivity contribution in [1.29, 1.82) is 0 Å². The summed E-state index contributed by atoms with van der Waals surface area (Å²) in [6.45, 7) is 5.06. The summed E-state index contributed by atoms with van der Waals surface area (Å²) in [4.78, 5) is 19.3. The topological polar surface area (TPSA) is 72.3 Å². The molecule has 7 nitrogen and oxygen atoms in total. The van der Waals surface area contributed by atoms with Gasteiger partial charge in [-0.05, 0) is 31.5 Å². The molecule has 0 atom stereocenters. The molecule has 1 aliphatic rings. The molecule has 0 unspecified atom stereocenters. The van der Waals surface area contributed by atoms with Crippen molar-refractivity contribution < 1.29 is 22.7 Å². The summed E-state index contributed by atoms with van der Waals surface area (Å²) in [7, 11) is 0. The number of amides is 1. The maximum absolute atomic E-state index is 12.7. The lowest BCUT2D eigenvalue weighted by atomic mass is 10.1. The Labute approximate surface area is 186 Å². The SMILES string of the molecule is CCN1CCC(NC(=O)c2csc(-c3cnn(-c4ccccc4OC(F)(F)F)c3)n2)CC1. The van der Waals surface area contributed by atoms with Gasteiger partial charge in [-0.25, -0.2) is 9.67 Å².